The first kappa shape index (κ1) is 52.9. The van der Waals surface area contributed by atoms with Gasteiger partial charge < -0.3 is 44.3 Å². The summed E-state index contributed by atoms with van der Waals surface area (Å²) in [6, 6.07) is 9.43. The van der Waals surface area contributed by atoms with Gasteiger partial charge in [0.1, 0.15) is 30.2 Å². The summed E-state index contributed by atoms with van der Waals surface area (Å²) in [5.74, 6) is 3.94. The van der Waals surface area contributed by atoms with Crippen molar-refractivity contribution >= 4 is 19.1 Å². The van der Waals surface area contributed by atoms with E-state index in [1.807, 2.05) is 30.3 Å². The molecule has 0 spiro atoms. The predicted octanol–water partition coefficient (Wildman–Crippen LogP) is 7.55. The number of fused-ring (bicyclic) bond motifs is 5. The zero-order valence-corrected chi connectivity index (χ0v) is 43.3. The number of aliphatic hydroxyl groups excluding tert-OH is 3. The number of carbonyl (C=O) groups is 2. The van der Waals surface area contributed by atoms with Crippen molar-refractivity contribution in [2.75, 3.05) is 20.2 Å². The Bertz CT molecular complexity index is 2070. The van der Waals surface area contributed by atoms with Crippen LogP contribution < -0.4 is 10.6 Å². The molecule has 2 saturated heterocycles. The molecule has 5 N–H and O–H groups in total. The highest BCUT2D eigenvalue weighted by atomic mass is 16.7. The Hall–Kier alpha value is -3.44. The van der Waals surface area contributed by atoms with Crippen LogP contribution in [0.1, 0.15) is 142 Å². The molecule has 0 bridgehead atoms. The molecule has 16 atom stereocenters. The Morgan fingerprint density at radius 3 is 2.39 bits per heavy atom. The van der Waals surface area contributed by atoms with Crippen molar-refractivity contribution in [1.29, 1.82) is 0 Å². The van der Waals surface area contributed by atoms with Crippen LogP contribution in [-0.4, -0.2) is 124 Å². The number of hydrogen-bond acceptors (Lipinski definition) is 12. The summed E-state index contributed by atoms with van der Waals surface area (Å²) in [4.78, 5) is 36.6. The van der Waals surface area contributed by atoms with E-state index in [1.54, 1.807) is 7.05 Å². The van der Waals surface area contributed by atoms with Gasteiger partial charge in [-0.1, -0.05) is 110 Å². The maximum atomic E-state index is 13.8. The lowest BCUT2D eigenvalue weighted by atomic mass is 9.47. The molecule has 70 heavy (non-hydrogen) atoms. The molecule has 1 aromatic heterocycles. The first-order chi connectivity index (χ1) is 33.5. The number of likely N-dealkylation sites (N-methyl/N-ethyl adjacent to an activating group) is 1. The van der Waals surface area contributed by atoms with Crippen LogP contribution in [0.4, 0.5) is 4.79 Å². The Labute approximate surface area is 418 Å². The smallest absolute Gasteiger partial charge is 0.446 e. The molecule has 8 rings (SSSR count). The third-order valence-electron chi connectivity index (χ3n) is 17.9. The van der Waals surface area contributed by atoms with Crippen molar-refractivity contribution < 1.29 is 43.7 Å². The summed E-state index contributed by atoms with van der Waals surface area (Å²) in [6.45, 7) is 15.8. The van der Waals surface area contributed by atoms with Crippen molar-refractivity contribution in [3.63, 3.8) is 0 Å². The SMILES string of the molecule is CC(C)CCC[C@@H](C)C1CCC2C3CC=C4C[C@@H](OC(=O)N(C)CC(O)C5OB([C@H](CC(C)C)NC6OC6[C@H](Cc6ccccc6)NC(=O)c6cnccn6)O[C@@H]5C(O)CO)CC[C@]4(C)C3CC[C@@]21C. The summed E-state index contributed by atoms with van der Waals surface area (Å²) in [6.07, 6.45) is 14.7. The van der Waals surface area contributed by atoms with Crippen molar-refractivity contribution in [2.45, 2.75) is 187 Å². The molecule has 2 aromatic rings. The van der Waals surface area contributed by atoms with Crippen LogP contribution in [0.15, 0.2) is 60.6 Å². The molecule has 3 saturated carbocycles. The lowest BCUT2D eigenvalue weighted by Crippen LogP contribution is -2.51. The highest BCUT2D eigenvalue weighted by Crippen LogP contribution is 2.67. The summed E-state index contributed by atoms with van der Waals surface area (Å²) in [7, 11) is 0.670. The van der Waals surface area contributed by atoms with E-state index < -0.39 is 68.5 Å². The molecule has 0 radical (unpaired) electrons. The number of ether oxygens (including phenoxy) is 2. The van der Waals surface area contributed by atoms with Gasteiger partial charge in [0.15, 0.2) is 0 Å². The highest BCUT2D eigenvalue weighted by molar-refractivity contribution is 6.47. The Balaban J connectivity index is 0.862. The zero-order chi connectivity index (χ0) is 49.9. The molecule has 2 aliphatic heterocycles. The quantitative estimate of drug-likeness (QED) is 0.0471. The minimum absolute atomic E-state index is 0.127. The van der Waals surface area contributed by atoms with Gasteiger partial charge in [-0.3, -0.25) is 15.1 Å². The second-order valence-electron chi connectivity index (χ2n) is 23.6. The van der Waals surface area contributed by atoms with Crippen molar-refractivity contribution in [3.05, 3.63) is 71.8 Å². The summed E-state index contributed by atoms with van der Waals surface area (Å²) >= 11 is 0. The van der Waals surface area contributed by atoms with E-state index in [2.05, 4.69) is 75.1 Å². The van der Waals surface area contributed by atoms with E-state index in [1.165, 1.54) is 74.0 Å². The van der Waals surface area contributed by atoms with E-state index in [0.717, 1.165) is 60.8 Å². The fourth-order valence-electron chi connectivity index (χ4n) is 14.2. The van der Waals surface area contributed by atoms with Gasteiger partial charge in [-0.15, -0.1) is 0 Å². The average Bonchev–Trinajstić information content (AvgIpc) is 3.79. The highest BCUT2D eigenvalue weighted by Gasteiger charge is 2.60. The molecular formula is C55H84BN5O9. The molecule has 2 amide bonds. The fraction of sp³-hybridized carbons (Fsp3) is 0.745. The maximum absolute atomic E-state index is 13.8. The van der Waals surface area contributed by atoms with E-state index >= 15 is 0 Å². The van der Waals surface area contributed by atoms with E-state index in [0.29, 0.717) is 24.2 Å². The number of epoxide rings is 1. The summed E-state index contributed by atoms with van der Waals surface area (Å²) < 4.78 is 25.2. The molecule has 15 heteroatoms. The van der Waals surface area contributed by atoms with Crippen molar-refractivity contribution in [2.24, 2.45) is 52.3 Å². The lowest BCUT2D eigenvalue weighted by molar-refractivity contribution is -0.0632. The molecule has 9 unspecified atom stereocenters. The fourth-order valence-corrected chi connectivity index (χ4v) is 14.2. The minimum Gasteiger partial charge on any atom is -0.446 e. The lowest BCUT2D eigenvalue weighted by Gasteiger charge is -2.58. The van der Waals surface area contributed by atoms with E-state index in [-0.39, 0.29) is 35.6 Å². The monoisotopic (exact) mass is 970 g/mol. The number of hydrogen-bond donors (Lipinski definition) is 5. The topological polar surface area (TPSA) is 188 Å². The summed E-state index contributed by atoms with van der Waals surface area (Å²) in [5, 5.41) is 39.5. The molecular weight excluding hydrogens is 885 g/mol. The van der Waals surface area contributed by atoms with Gasteiger partial charge in [-0.05, 0) is 116 Å². The normalized spacial score (nSPS) is 33.6. The molecule has 386 valence electrons. The van der Waals surface area contributed by atoms with Crippen LogP contribution in [0.3, 0.4) is 0 Å². The largest absolute Gasteiger partial charge is 0.475 e. The summed E-state index contributed by atoms with van der Waals surface area (Å²) in [5.41, 5.74) is 3.24. The Morgan fingerprint density at radius 2 is 1.69 bits per heavy atom. The third kappa shape index (κ3) is 11.8. The van der Waals surface area contributed by atoms with Gasteiger partial charge in [0.05, 0.1) is 43.7 Å². The van der Waals surface area contributed by atoms with Crippen LogP contribution in [0, 0.1) is 52.3 Å². The number of nitrogens with one attached hydrogen (secondary N) is 2. The number of rotatable bonds is 21. The van der Waals surface area contributed by atoms with Crippen LogP contribution in [-0.2, 0) is 25.2 Å². The van der Waals surface area contributed by atoms with Crippen LogP contribution in [0.25, 0.3) is 0 Å². The van der Waals surface area contributed by atoms with Gasteiger partial charge in [0.2, 0.25) is 0 Å². The van der Waals surface area contributed by atoms with Crippen molar-refractivity contribution in [1.82, 2.24) is 25.5 Å². The molecule has 6 aliphatic rings. The van der Waals surface area contributed by atoms with Crippen LogP contribution in [0.2, 0.25) is 0 Å². The van der Waals surface area contributed by atoms with Crippen LogP contribution >= 0.6 is 0 Å². The number of benzene rings is 1. The number of aliphatic hydroxyl groups is 3. The molecule has 1 aromatic carbocycles. The van der Waals surface area contributed by atoms with E-state index in [4.69, 9.17) is 18.8 Å². The number of carbonyl (C=O) groups excluding carboxylic acids is 2. The maximum Gasteiger partial charge on any atom is 0.475 e. The minimum atomic E-state index is -1.35. The third-order valence-corrected chi connectivity index (χ3v) is 17.9. The van der Waals surface area contributed by atoms with Gasteiger partial charge >= 0.3 is 13.2 Å². The van der Waals surface area contributed by atoms with Crippen molar-refractivity contribution in [3.8, 4) is 0 Å². The molecule has 14 nitrogen and oxygen atoms in total. The predicted molar refractivity (Wildman–Crippen MR) is 269 cm³/mol. The average molecular weight is 970 g/mol. The Kier molecular flexibility index (Phi) is 17.2. The molecule has 3 heterocycles. The zero-order valence-electron chi connectivity index (χ0n) is 43.3. The Morgan fingerprint density at radius 1 is 0.929 bits per heavy atom. The van der Waals surface area contributed by atoms with Crippen LogP contribution in [0.5, 0.6) is 0 Å². The van der Waals surface area contributed by atoms with E-state index in [9.17, 15) is 24.9 Å². The number of nitrogens with zero attached hydrogens (tertiary/aromatic N) is 3. The number of allylic oxidation sites excluding steroid dienone is 1. The van der Waals surface area contributed by atoms with Gasteiger partial charge in [-0.25, -0.2) is 9.78 Å². The number of amides is 2. The van der Waals surface area contributed by atoms with Gasteiger partial charge in [0.25, 0.3) is 5.91 Å². The first-order valence-corrected chi connectivity index (χ1v) is 26.9. The molecule has 4 aliphatic carbocycles. The van der Waals surface area contributed by atoms with Gasteiger partial charge in [-0.2, -0.15) is 0 Å². The second kappa shape index (κ2) is 22.8. The second-order valence-corrected chi connectivity index (χ2v) is 23.6. The first-order valence-electron chi connectivity index (χ1n) is 26.9. The molecule has 5 fully saturated rings. The van der Waals surface area contributed by atoms with Gasteiger partial charge in [0, 0.05) is 31.8 Å². The number of aromatic nitrogens is 2. The standard InChI is InChI=1S/C55H84BN5O9/c1-33(2)13-12-14-35(5)40-19-20-41-39-18-17-37-29-38(21-23-54(37,6)42(39)22-24-55(40,41)7)67-53(66)61(8)31-45(63)49-50(46(64)32-62)70-56(69-49)47(27-34(3)4)60-52-48(68-52)43(28-36-15-10-9-11-16-36)59-51(65)44-30-57-25-26-58-44/h9-11,15-17,25-26,30,33-35,38-43,45-50,52,60,62-64H,12-14,18-24,27-29,31-32H2,1-8H3,(H,59,65)/t35-,38+,39?,40?,41?,42?,43+,45?,46?,47+,48?,49?,50-,52?,54+,55-/m1/s1.